The fraction of sp³-hybridized carbons (Fsp3) is 0.200. The van der Waals surface area contributed by atoms with Gasteiger partial charge in [-0.05, 0) is 36.8 Å². The summed E-state index contributed by atoms with van der Waals surface area (Å²) in [5.74, 6) is 1.23. The Hall–Kier alpha value is -4.18. The van der Waals surface area contributed by atoms with Gasteiger partial charge in [0.05, 0.1) is 35.2 Å². The van der Waals surface area contributed by atoms with Gasteiger partial charge in [-0.3, -0.25) is 4.79 Å². The molecule has 2 heterocycles. The number of carbonyl (C=O) groups is 1. The summed E-state index contributed by atoms with van der Waals surface area (Å²) >= 11 is 0. The Morgan fingerprint density at radius 3 is 2.69 bits per heavy atom. The summed E-state index contributed by atoms with van der Waals surface area (Å²) in [6.07, 6.45) is 2.49. The number of nitrogens with two attached hydrogens (primary N) is 1. The molecular formula is C25H23N3O4. The summed E-state index contributed by atoms with van der Waals surface area (Å²) in [4.78, 5) is 12.4. The van der Waals surface area contributed by atoms with Gasteiger partial charge < -0.3 is 24.3 Å². The van der Waals surface area contributed by atoms with Gasteiger partial charge in [0.15, 0.2) is 6.61 Å². The SMILES string of the molecule is CCOc1cccc(CCOc2cc(OCC#N)cc3c2c(C(N)=O)c2ccccn23)c1. The van der Waals surface area contributed by atoms with Crippen LogP contribution in [0.1, 0.15) is 22.8 Å². The van der Waals surface area contributed by atoms with E-state index in [-0.39, 0.29) is 6.61 Å². The van der Waals surface area contributed by atoms with Crippen molar-refractivity contribution in [1.82, 2.24) is 4.40 Å². The fourth-order valence-electron chi connectivity index (χ4n) is 3.80. The van der Waals surface area contributed by atoms with Crippen molar-refractivity contribution in [3.63, 3.8) is 0 Å². The van der Waals surface area contributed by atoms with Crippen LogP contribution in [0, 0.1) is 11.3 Å². The summed E-state index contributed by atoms with van der Waals surface area (Å²) in [5.41, 5.74) is 8.61. The molecule has 0 saturated heterocycles. The average Bonchev–Trinajstić information content (AvgIpc) is 3.13. The predicted molar refractivity (Wildman–Crippen MR) is 121 cm³/mol. The van der Waals surface area contributed by atoms with Crippen LogP contribution >= 0.6 is 0 Å². The van der Waals surface area contributed by atoms with Gasteiger partial charge >= 0.3 is 0 Å². The number of pyridine rings is 1. The molecular weight excluding hydrogens is 406 g/mol. The van der Waals surface area contributed by atoms with Crippen molar-refractivity contribution in [2.75, 3.05) is 19.8 Å². The molecule has 0 aliphatic rings. The quantitative estimate of drug-likeness (QED) is 0.432. The molecule has 0 saturated carbocycles. The van der Waals surface area contributed by atoms with Crippen LogP contribution in [0.2, 0.25) is 0 Å². The van der Waals surface area contributed by atoms with Gasteiger partial charge in [0.2, 0.25) is 0 Å². The van der Waals surface area contributed by atoms with Crippen molar-refractivity contribution < 1.29 is 19.0 Å². The van der Waals surface area contributed by atoms with Gasteiger partial charge in [0, 0.05) is 24.8 Å². The molecule has 2 N–H and O–H groups in total. The van der Waals surface area contributed by atoms with E-state index in [9.17, 15) is 4.79 Å². The lowest BCUT2D eigenvalue weighted by molar-refractivity contribution is 0.100. The molecule has 2 aromatic heterocycles. The minimum absolute atomic E-state index is 0.0961. The minimum Gasteiger partial charge on any atom is -0.494 e. The Balaban J connectivity index is 1.72. The first kappa shape index (κ1) is 21.1. The van der Waals surface area contributed by atoms with E-state index in [1.54, 1.807) is 12.1 Å². The summed E-state index contributed by atoms with van der Waals surface area (Å²) in [7, 11) is 0. The lowest BCUT2D eigenvalue weighted by atomic mass is 10.1. The predicted octanol–water partition coefficient (Wildman–Crippen LogP) is 4.11. The maximum absolute atomic E-state index is 12.4. The van der Waals surface area contributed by atoms with Gasteiger partial charge in [0.25, 0.3) is 5.91 Å². The molecule has 0 unspecified atom stereocenters. The van der Waals surface area contributed by atoms with Crippen molar-refractivity contribution in [2.45, 2.75) is 13.3 Å². The number of carbonyl (C=O) groups excluding carboxylic acids is 1. The lowest BCUT2D eigenvalue weighted by Crippen LogP contribution is -2.11. The normalized spacial score (nSPS) is 10.8. The number of hydrogen-bond donors (Lipinski definition) is 1. The molecule has 0 aliphatic carbocycles. The third kappa shape index (κ3) is 4.16. The molecule has 4 aromatic rings. The minimum atomic E-state index is -0.538. The van der Waals surface area contributed by atoms with Crippen LogP contribution in [0.4, 0.5) is 0 Å². The first-order valence-electron chi connectivity index (χ1n) is 10.3. The first-order valence-corrected chi connectivity index (χ1v) is 10.3. The highest BCUT2D eigenvalue weighted by Gasteiger charge is 2.21. The summed E-state index contributed by atoms with van der Waals surface area (Å²) in [5, 5.41) is 9.53. The molecule has 7 nitrogen and oxygen atoms in total. The summed E-state index contributed by atoms with van der Waals surface area (Å²) in [6.45, 7) is 2.82. The smallest absolute Gasteiger partial charge is 0.251 e. The van der Waals surface area contributed by atoms with E-state index in [0.29, 0.717) is 47.6 Å². The maximum atomic E-state index is 12.4. The van der Waals surface area contributed by atoms with Gasteiger partial charge in [-0.15, -0.1) is 0 Å². The van der Waals surface area contributed by atoms with E-state index in [1.807, 2.05) is 66.1 Å². The van der Waals surface area contributed by atoms with E-state index >= 15 is 0 Å². The number of amides is 1. The highest BCUT2D eigenvalue weighted by atomic mass is 16.5. The molecule has 32 heavy (non-hydrogen) atoms. The maximum Gasteiger partial charge on any atom is 0.251 e. The Labute approximate surface area is 185 Å². The van der Waals surface area contributed by atoms with Crippen LogP contribution in [-0.2, 0) is 6.42 Å². The number of rotatable bonds is 9. The Morgan fingerprint density at radius 2 is 1.91 bits per heavy atom. The van der Waals surface area contributed by atoms with Crippen molar-refractivity contribution in [2.24, 2.45) is 5.73 Å². The van der Waals surface area contributed by atoms with Crippen LogP contribution < -0.4 is 19.9 Å². The third-order valence-electron chi connectivity index (χ3n) is 5.09. The number of benzene rings is 2. The topological polar surface area (TPSA) is 99.0 Å². The van der Waals surface area contributed by atoms with Crippen molar-refractivity contribution in [3.8, 4) is 23.3 Å². The number of nitrogens with zero attached hydrogens (tertiary/aromatic N) is 2. The molecule has 0 bridgehead atoms. The number of nitriles is 1. The molecule has 4 rings (SSSR count). The van der Waals surface area contributed by atoms with Crippen LogP contribution in [0.3, 0.4) is 0 Å². The molecule has 2 aromatic carbocycles. The van der Waals surface area contributed by atoms with Gasteiger partial charge in [0.1, 0.15) is 23.3 Å². The second-order valence-electron chi connectivity index (χ2n) is 7.14. The molecule has 0 atom stereocenters. The number of ether oxygens (including phenoxy) is 3. The van der Waals surface area contributed by atoms with Gasteiger partial charge in [-0.2, -0.15) is 5.26 Å². The van der Waals surface area contributed by atoms with Crippen LogP contribution in [0.15, 0.2) is 60.8 Å². The summed E-state index contributed by atoms with van der Waals surface area (Å²) in [6, 6.07) is 18.8. The lowest BCUT2D eigenvalue weighted by Gasteiger charge is -2.12. The molecule has 0 radical (unpaired) electrons. The zero-order chi connectivity index (χ0) is 22.5. The van der Waals surface area contributed by atoms with E-state index in [2.05, 4.69) is 0 Å². The van der Waals surface area contributed by atoms with Crippen molar-refractivity contribution in [3.05, 3.63) is 71.9 Å². The van der Waals surface area contributed by atoms with Gasteiger partial charge in [-0.25, -0.2) is 0 Å². The van der Waals surface area contributed by atoms with Crippen LogP contribution in [0.25, 0.3) is 16.4 Å². The second kappa shape index (κ2) is 9.31. The number of fused-ring (bicyclic) bond motifs is 3. The first-order chi connectivity index (χ1) is 15.6. The number of hydrogen-bond acceptors (Lipinski definition) is 5. The Kier molecular flexibility index (Phi) is 6.13. The molecule has 0 spiro atoms. The fourth-order valence-corrected chi connectivity index (χ4v) is 3.80. The second-order valence-corrected chi connectivity index (χ2v) is 7.14. The van der Waals surface area contributed by atoms with E-state index in [4.69, 9.17) is 25.2 Å². The number of aromatic nitrogens is 1. The Bertz CT molecular complexity index is 1320. The molecule has 1 amide bonds. The van der Waals surface area contributed by atoms with Crippen molar-refractivity contribution in [1.29, 1.82) is 5.26 Å². The zero-order valence-corrected chi connectivity index (χ0v) is 17.7. The number of primary amides is 1. The Morgan fingerprint density at radius 1 is 1.03 bits per heavy atom. The average molecular weight is 429 g/mol. The largest absolute Gasteiger partial charge is 0.494 e. The van der Waals surface area contributed by atoms with Crippen LogP contribution in [-0.4, -0.2) is 30.1 Å². The van der Waals surface area contributed by atoms with E-state index < -0.39 is 5.91 Å². The van der Waals surface area contributed by atoms with E-state index in [0.717, 1.165) is 16.8 Å². The van der Waals surface area contributed by atoms with Crippen LogP contribution in [0.5, 0.6) is 17.2 Å². The highest BCUT2D eigenvalue weighted by molar-refractivity contribution is 6.15. The molecule has 0 fully saturated rings. The third-order valence-corrected chi connectivity index (χ3v) is 5.09. The monoisotopic (exact) mass is 429 g/mol. The zero-order valence-electron chi connectivity index (χ0n) is 17.7. The highest BCUT2D eigenvalue weighted by Crippen LogP contribution is 2.37. The van der Waals surface area contributed by atoms with E-state index in [1.165, 1.54) is 0 Å². The standard InChI is InChI=1S/C25H23N3O4/c1-2-30-18-7-5-6-17(14-18)9-12-32-22-16-19(31-13-10-26)15-21-23(22)24(25(27)29)20-8-3-4-11-28(20)21/h3-8,11,14-16H,2,9,12-13H2,1H3,(H2,27,29). The van der Waals surface area contributed by atoms with Gasteiger partial charge in [-0.1, -0.05) is 18.2 Å². The summed E-state index contributed by atoms with van der Waals surface area (Å²) < 4.78 is 19.1. The molecule has 162 valence electrons. The molecule has 0 aliphatic heterocycles. The van der Waals surface area contributed by atoms with Crippen molar-refractivity contribution >= 4 is 22.3 Å². The molecule has 7 heteroatoms.